The molecule has 1 aromatic carbocycles. The van der Waals surface area contributed by atoms with Gasteiger partial charge in [0.2, 0.25) is 6.41 Å². The van der Waals surface area contributed by atoms with Crippen LogP contribution in [0.15, 0.2) is 24.3 Å². The van der Waals surface area contributed by atoms with Crippen LogP contribution < -0.4 is 0 Å². The van der Waals surface area contributed by atoms with E-state index in [-0.39, 0.29) is 5.60 Å². The lowest BCUT2D eigenvalue weighted by Crippen LogP contribution is -2.58. The zero-order valence-electron chi connectivity index (χ0n) is 14.0. The molecule has 22 heavy (non-hydrogen) atoms. The van der Waals surface area contributed by atoms with Gasteiger partial charge in [-0.2, -0.15) is 0 Å². The van der Waals surface area contributed by atoms with Crippen LogP contribution >= 0.6 is 0 Å². The number of carbonyl (C=O) groups excluding carboxylic acids is 1. The molecular weight excluding hydrogens is 274 g/mol. The number of hydrogen-bond acceptors (Lipinski definition) is 2. The second-order valence-electron chi connectivity index (χ2n) is 7.49. The molecule has 3 rings (SSSR count). The Labute approximate surface area is 133 Å². The van der Waals surface area contributed by atoms with Gasteiger partial charge in [0.25, 0.3) is 0 Å². The second-order valence-corrected chi connectivity index (χ2v) is 7.49. The summed E-state index contributed by atoms with van der Waals surface area (Å²) in [6, 6.07) is 8.90. The molecule has 3 nitrogen and oxygen atoms in total. The number of benzene rings is 1. The lowest BCUT2D eigenvalue weighted by Gasteiger charge is -2.54. The van der Waals surface area contributed by atoms with Gasteiger partial charge in [-0.3, -0.25) is 4.79 Å². The number of hydrogen-bond donors (Lipinski definition) is 0. The molecule has 0 unspecified atom stereocenters. The summed E-state index contributed by atoms with van der Waals surface area (Å²) in [6.07, 6.45) is 5.39. The monoisotopic (exact) mass is 301 g/mol. The van der Waals surface area contributed by atoms with Gasteiger partial charge in [-0.25, -0.2) is 0 Å². The first kappa shape index (κ1) is 15.5. The van der Waals surface area contributed by atoms with Crippen LogP contribution in [0.3, 0.4) is 0 Å². The fourth-order valence-corrected chi connectivity index (χ4v) is 4.18. The van der Waals surface area contributed by atoms with E-state index in [2.05, 4.69) is 38.1 Å². The number of rotatable bonds is 4. The topological polar surface area (TPSA) is 29.5 Å². The maximum Gasteiger partial charge on any atom is 0.209 e. The second kappa shape index (κ2) is 5.69. The molecule has 1 aliphatic heterocycles. The number of methoxy groups -OCH3 is 1. The quantitative estimate of drug-likeness (QED) is 0.794. The summed E-state index contributed by atoms with van der Waals surface area (Å²) in [5, 5.41) is 0. The number of nitrogens with zero attached hydrogens (tertiary/aromatic N) is 1. The molecule has 1 amide bonds. The van der Waals surface area contributed by atoms with Crippen LogP contribution in [0.1, 0.15) is 56.6 Å². The first-order valence-electron chi connectivity index (χ1n) is 8.37. The number of likely N-dealkylation sites (tertiary alicyclic amines) is 1. The summed E-state index contributed by atoms with van der Waals surface area (Å²) in [5.74, 6) is 0.538. The van der Waals surface area contributed by atoms with Crippen molar-refractivity contribution in [2.75, 3.05) is 20.2 Å². The summed E-state index contributed by atoms with van der Waals surface area (Å²) < 4.78 is 6.03. The minimum atomic E-state index is -0.141. The fraction of sp³-hybridized carbons (Fsp3) is 0.632. The summed E-state index contributed by atoms with van der Waals surface area (Å²) >= 11 is 0. The third-order valence-electron chi connectivity index (χ3n) is 5.81. The normalized spacial score (nSPS) is 22.6. The van der Waals surface area contributed by atoms with Gasteiger partial charge in [-0.05, 0) is 42.7 Å². The Morgan fingerprint density at radius 3 is 2.41 bits per heavy atom. The van der Waals surface area contributed by atoms with E-state index >= 15 is 0 Å². The zero-order chi connectivity index (χ0) is 15.8. The van der Waals surface area contributed by atoms with Crippen molar-refractivity contribution in [1.82, 2.24) is 4.90 Å². The van der Waals surface area contributed by atoms with Crippen molar-refractivity contribution in [1.29, 1.82) is 0 Å². The SMILES string of the molecule is COC1(c2cccc(C(C)C)c2)CCC2(CC1)CN(C=O)C2. The Morgan fingerprint density at radius 1 is 1.18 bits per heavy atom. The van der Waals surface area contributed by atoms with Crippen LogP contribution in [-0.4, -0.2) is 31.5 Å². The third kappa shape index (κ3) is 2.56. The van der Waals surface area contributed by atoms with E-state index in [1.165, 1.54) is 11.1 Å². The van der Waals surface area contributed by atoms with E-state index in [1.807, 2.05) is 12.0 Å². The van der Waals surface area contributed by atoms with E-state index in [9.17, 15) is 4.79 Å². The summed E-state index contributed by atoms with van der Waals surface area (Å²) in [4.78, 5) is 12.7. The Morgan fingerprint density at radius 2 is 1.86 bits per heavy atom. The minimum absolute atomic E-state index is 0.141. The van der Waals surface area contributed by atoms with E-state index in [4.69, 9.17) is 4.74 Å². The molecule has 0 atom stereocenters. The van der Waals surface area contributed by atoms with Gasteiger partial charge in [0.1, 0.15) is 0 Å². The highest BCUT2D eigenvalue weighted by molar-refractivity contribution is 5.49. The molecule has 0 radical (unpaired) electrons. The molecule has 1 saturated carbocycles. The van der Waals surface area contributed by atoms with Crippen LogP contribution in [0.4, 0.5) is 0 Å². The minimum Gasteiger partial charge on any atom is -0.374 e. The summed E-state index contributed by atoms with van der Waals surface area (Å²) in [5.41, 5.74) is 2.92. The Bertz CT molecular complexity index is 536. The predicted octanol–water partition coefficient (Wildman–Crippen LogP) is 3.68. The summed E-state index contributed by atoms with van der Waals surface area (Å²) in [6.45, 7) is 6.33. The van der Waals surface area contributed by atoms with Gasteiger partial charge in [0, 0.05) is 25.6 Å². The molecule has 2 fully saturated rings. The van der Waals surface area contributed by atoms with E-state index in [0.29, 0.717) is 11.3 Å². The molecule has 1 aliphatic carbocycles. The molecule has 1 saturated heterocycles. The molecule has 0 bridgehead atoms. The van der Waals surface area contributed by atoms with Crippen molar-refractivity contribution in [3.05, 3.63) is 35.4 Å². The van der Waals surface area contributed by atoms with Crippen LogP contribution in [0, 0.1) is 5.41 Å². The molecular formula is C19H27NO2. The Balaban J connectivity index is 1.77. The zero-order valence-corrected chi connectivity index (χ0v) is 14.0. The third-order valence-corrected chi connectivity index (χ3v) is 5.81. The standard InChI is InChI=1S/C19H27NO2/c1-15(2)16-5-4-6-17(11-16)19(22-3)9-7-18(8-10-19)12-20(13-18)14-21/h4-6,11,14-15H,7-10,12-13H2,1-3H3. The van der Waals surface area contributed by atoms with E-state index in [0.717, 1.165) is 45.2 Å². The van der Waals surface area contributed by atoms with Crippen LogP contribution in [0.25, 0.3) is 0 Å². The molecule has 1 aromatic rings. The molecule has 0 aromatic heterocycles. The molecule has 1 spiro atoms. The van der Waals surface area contributed by atoms with Crippen molar-refractivity contribution >= 4 is 6.41 Å². The van der Waals surface area contributed by atoms with Crippen LogP contribution in [-0.2, 0) is 15.1 Å². The van der Waals surface area contributed by atoms with Crippen molar-refractivity contribution in [2.24, 2.45) is 5.41 Å². The first-order valence-corrected chi connectivity index (χ1v) is 8.37. The van der Waals surface area contributed by atoms with Gasteiger partial charge < -0.3 is 9.64 Å². The van der Waals surface area contributed by atoms with Crippen molar-refractivity contribution in [3.63, 3.8) is 0 Å². The lowest BCUT2D eigenvalue weighted by molar-refractivity contribution is -0.141. The lowest BCUT2D eigenvalue weighted by atomic mass is 9.63. The van der Waals surface area contributed by atoms with Gasteiger partial charge in [-0.1, -0.05) is 38.1 Å². The molecule has 0 N–H and O–H groups in total. The maximum absolute atomic E-state index is 10.8. The number of carbonyl (C=O) groups is 1. The average molecular weight is 301 g/mol. The van der Waals surface area contributed by atoms with Gasteiger partial charge in [0.15, 0.2) is 0 Å². The highest BCUT2D eigenvalue weighted by Gasteiger charge is 2.49. The van der Waals surface area contributed by atoms with Crippen LogP contribution in [0.5, 0.6) is 0 Å². The Hall–Kier alpha value is -1.35. The highest BCUT2D eigenvalue weighted by Crippen LogP contribution is 2.51. The molecule has 120 valence electrons. The van der Waals surface area contributed by atoms with Gasteiger partial charge >= 0.3 is 0 Å². The smallest absolute Gasteiger partial charge is 0.209 e. The largest absolute Gasteiger partial charge is 0.374 e. The molecule has 2 aliphatic rings. The maximum atomic E-state index is 10.8. The Kier molecular flexibility index (Phi) is 4.02. The average Bonchev–Trinajstić information content (AvgIpc) is 2.52. The van der Waals surface area contributed by atoms with E-state index in [1.54, 1.807) is 0 Å². The number of ether oxygens (including phenoxy) is 1. The van der Waals surface area contributed by atoms with Crippen molar-refractivity contribution < 1.29 is 9.53 Å². The first-order chi connectivity index (χ1) is 10.5. The number of amides is 1. The molecule has 3 heteroatoms. The van der Waals surface area contributed by atoms with Crippen LogP contribution in [0.2, 0.25) is 0 Å². The van der Waals surface area contributed by atoms with Crippen molar-refractivity contribution in [3.8, 4) is 0 Å². The fourth-order valence-electron chi connectivity index (χ4n) is 4.18. The van der Waals surface area contributed by atoms with E-state index < -0.39 is 0 Å². The predicted molar refractivity (Wildman–Crippen MR) is 87.8 cm³/mol. The van der Waals surface area contributed by atoms with Gasteiger partial charge in [0.05, 0.1) is 5.60 Å². The summed E-state index contributed by atoms with van der Waals surface area (Å²) in [7, 11) is 1.85. The van der Waals surface area contributed by atoms with Crippen molar-refractivity contribution in [2.45, 2.75) is 51.0 Å². The van der Waals surface area contributed by atoms with Gasteiger partial charge in [-0.15, -0.1) is 0 Å². The highest BCUT2D eigenvalue weighted by atomic mass is 16.5. The molecule has 1 heterocycles.